The fourth-order valence-electron chi connectivity index (χ4n) is 2.34. The summed E-state index contributed by atoms with van der Waals surface area (Å²) < 4.78 is 1.32. The molecular formula is C17H14N8OS. The van der Waals surface area contributed by atoms with Crippen LogP contribution in [-0.4, -0.2) is 40.8 Å². The third kappa shape index (κ3) is 3.42. The maximum atomic E-state index is 12.6. The zero-order valence-corrected chi connectivity index (χ0v) is 15.3. The van der Waals surface area contributed by atoms with Crippen molar-refractivity contribution in [3.05, 3.63) is 59.3 Å². The minimum absolute atomic E-state index is 0.233. The number of carbonyl (C=O) groups is 1. The standard InChI is InChI=1S/C17H14N8OS/c1-10-3-4-12(21-11(10)2)13-9-27-17(22-13)23-16(26)14-7-20-24-25(14)15-8-18-5-6-19-15/h3-9H,1-2H3,(H,22,23,26). The minimum atomic E-state index is -0.389. The van der Waals surface area contributed by atoms with E-state index in [-0.39, 0.29) is 11.6 Å². The maximum absolute atomic E-state index is 12.6. The monoisotopic (exact) mass is 378 g/mol. The van der Waals surface area contributed by atoms with Gasteiger partial charge in [0.25, 0.3) is 5.91 Å². The van der Waals surface area contributed by atoms with Crippen molar-refractivity contribution in [1.29, 1.82) is 0 Å². The number of aromatic nitrogens is 7. The van der Waals surface area contributed by atoms with Gasteiger partial charge >= 0.3 is 0 Å². The van der Waals surface area contributed by atoms with Gasteiger partial charge in [-0.25, -0.2) is 9.97 Å². The molecule has 0 saturated carbocycles. The molecule has 0 atom stereocenters. The Morgan fingerprint density at radius 1 is 1.11 bits per heavy atom. The third-order valence-corrected chi connectivity index (χ3v) is 4.64. The van der Waals surface area contributed by atoms with Gasteiger partial charge in [-0.2, -0.15) is 4.68 Å². The molecule has 0 saturated heterocycles. The van der Waals surface area contributed by atoms with Gasteiger partial charge in [-0.1, -0.05) is 11.3 Å². The molecule has 27 heavy (non-hydrogen) atoms. The van der Waals surface area contributed by atoms with Crippen LogP contribution in [0.1, 0.15) is 21.7 Å². The van der Waals surface area contributed by atoms with Crippen LogP contribution in [0.2, 0.25) is 0 Å². The lowest BCUT2D eigenvalue weighted by Crippen LogP contribution is -2.17. The highest BCUT2D eigenvalue weighted by atomic mass is 32.1. The second-order valence-corrected chi connectivity index (χ2v) is 6.54. The van der Waals surface area contributed by atoms with Crippen LogP contribution in [0, 0.1) is 13.8 Å². The number of thiazole rings is 1. The number of nitrogens with zero attached hydrogens (tertiary/aromatic N) is 7. The Morgan fingerprint density at radius 2 is 2.00 bits per heavy atom. The molecule has 134 valence electrons. The summed E-state index contributed by atoms with van der Waals surface area (Å²) in [7, 11) is 0. The van der Waals surface area contributed by atoms with Gasteiger partial charge < -0.3 is 0 Å². The van der Waals surface area contributed by atoms with E-state index < -0.39 is 0 Å². The molecule has 0 spiro atoms. The number of nitrogens with one attached hydrogen (secondary N) is 1. The molecule has 4 aromatic heterocycles. The molecule has 0 fully saturated rings. The molecule has 4 rings (SSSR count). The molecule has 0 aliphatic rings. The summed E-state index contributed by atoms with van der Waals surface area (Å²) in [5, 5.41) is 12.8. The van der Waals surface area contributed by atoms with Crippen molar-refractivity contribution < 1.29 is 4.79 Å². The number of aryl methyl sites for hydroxylation is 2. The number of amides is 1. The SMILES string of the molecule is Cc1ccc(-c2csc(NC(=O)c3cnnn3-c3cnccn3)n2)nc1C. The van der Waals surface area contributed by atoms with Crippen molar-refractivity contribution in [3.8, 4) is 17.2 Å². The van der Waals surface area contributed by atoms with Crippen LogP contribution >= 0.6 is 11.3 Å². The molecule has 4 heterocycles. The highest BCUT2D eigenvalue weighted by molar-refractivity contribution is 7.14. The molecule has 10 heteroatoms. The van der Waals surface area contributed by atoms with Crippen LogP contribution in [0.3, 0.4) is 0 Å². The van der Waals surface area contributed by atoms with Gasteiger partial charge in [0.1, 0.15) is 5.69 Å². The van der Waals surface area contributed by atoms with Crippen LogP contribution < -0.4 is 5.32 Å². The van der Waals surface area contributed by atoms with E-state index in [1.165, 1.54) is 40.8 Å². The molecule has 1 N–H and O–H groups in total. The molecule has 0 aromatic carbocycles. The summed E-state index contributed by atoms with van der Waals surface area (Å²) in [5.41, 5.74) is 3.77. The van der Waals surface area contributed by atoms with E-state index in [4.69, 9.17) is 0 Å². The van der Waals surface area contributed by atoms with Crippen molar-refractivity contribution in [1.82, 2.24) is 34.9 Å². The van der Waals surface area contributed by atoms with Gasteiger partial charge in [0.2, 0.25) is 0 Å². The number of hydrogen-bond donors (Lipinski definition) is 1. The minimum Gasteiger partial charge on any atom is -0.296 e. The van der Waals surface area contributed by atoms with E-state index >= 15 is 0 Å². The zero-order chi connectivity index (χ0) is 18.8. The first kappa shape index (κ1) is 16.9. The van der Waals surface area contributed by atoms with Crippen LogP contribution in [0.5, 0.6) is 0 Å². The number of pyridine rings is 1. The zero-order valence-electron chi connectivity index (χ0n) is 14.5. The van der Waals surface area contributed by atoms with E-state index in [1.54, 1.807) is 0 Å². The summed E-state index contributed by atoms with van der Waals surface area (Å²) in [6.07, 6.45) is 5.92. The van der Waals surface area contributed by atoms with Gasteiger partial charge in [0, 0.05) is 23.5 Å². The Balaban J connectivity index is 1.56. The Labute approximate surface area is 158 Å². The Bertz CT molecular complexity index is 1110. The quantitative estimate of drug-likeness (QED) is 0.580. The van der Waals surface area contributed by atoms with Gasteiger partial charge in [-0.05, 0) is 25.5 Å². The fraction of sp³-hybridized carbons (Fsp3) is 0.118. The lowest BCUT2D eigenvalue weighted by atomic mass is 10.2. The average Bonchev–Trinajstić information content (AvgIpc) is 3.34. The first-order valence-electron chi connectivity index (χ1n) is 8.00. The number of anilines is 1. The van der Waals surface area contributed by atoms with Gasteiger partial charge in [0.05, 0.1) is 18.1 Å². The van der Waals surface area contributed by atoms with Crippen molar-refractivity contribution in [2.24, 2.45) is 0 Å². The number of carbonyl (C=O) groups excluding carboxylic acids is 1. The van der Waals surface area contributed by atoms with Crippen molar-refractivity contribution in [2.45, 2.75) is 13.8 Å². The molecule has 4 aromatic rings. The lowest BCUT2D eigenvalue weighted by Gasteiger charge is -2.04. The second-order valence-electron chi connectivity index (χ2n) is 5.69. The molecular weight excluding hydrogens is 364 g/mol. The molecule has 0 unspecified atom stereocenters. The van der Waals surface area contributed by atoms with Crippen molar-refractivity contribution >= 4 is 22.4 Å². The molecule has 0 radical (unpaired) electrons. The predicted octanol–water partition coefficient (Wildman–Crippen LogP) is 2.44. The van der Waals surface area contributed by atoms with Crippen LogP contribution in [-0.2, 0) is 0 Å². The van der Waals surface area contributed by atoms with Crippen molar-refractivity contribution in [2.75, 3.05) is 5.32 Å². The first-order chi connectivity index (χ1) is 13.1. The smallest absolute Gasteiger partial charge is 0.277 e. The van der Waals surface area contributed by atoms with E-state index in [9.17, 15) is 4.79 Å². The van der Waals surface area contributed by atoms with E-state index in [0.29, 0.717) is 16.6 Å². The summed E-state index contributed by atoms with van der Waals surface area (Å²) >= 11 is 1.32. The van der Waals surface area contributed by atoms with Crippen LogP contribution in [0.15, 0.2) is 42.3 Å². The van der Waals surface area contributed by atoms with Gasteiger partial charge in [-0.15, -0.1) is 16.4 Å². The average molecular weight is 378 g/mol. The molecule has 0 aliphatic heterocycles. The van der Waals surface area contributed by atoms with E-state index in [1.807, 2.05) is 31.4 Å². The second kappa shape index (κ2) is 7.00. The fourth-order valence-corrected chi connectivity index (χ4v) is 3.04. The molecule has 1 amide bonds. The molecule has 0 aliphatic carbocycles. The number of rotatable bonds is 4. The third-order valence-electron chi connectivity index (χ3n) is 3.89. The molecule has 9 nitrogen and oxygen atoms in total. The summed E-state index contributed by atoms with van der Waals surface area (Å²) in [5.74, 6) is 0.0129. The highest BCUT2D eigenvalue weighted by Crippen LogP contribution is 2.24. The van der Waals surface area contributed by atoms with Crippen molar-refractivity contribution in [3.63, 3.8) is 0 Å². The van der Waals surface area contributed by atoms with E-state index in [2.05, 4.69) is 35.6 Å². The lowest BCUT2D eigenvalue weighted by molar-refractivity contribution is 0.101. The topological polar surface area (TPSA) is 111 Å². The van der Waals surface area contributed by atoms with E-state index in [0.717, 1.165) is 17.0 Å². The maximum Gasteiger partial charge on any atom is 0.277 e. The Morgan fingerprint density at radius 3 is 2.78 bits per heavy atom. The van der Waals surface area contributed by atoms with Crippen LogP contribution in [0.25, 0.3) is 17.2 Å². The largest absolute Gasteiger partial charge is 0.296 e. The normalized spacial score (nSPS) is 10.7. The Kier molecular flexibility index (Phi) is 4.38. The predicted molar refractivity (Wildman–Crippen MR) is 99.7 cm³/mol. The summed E-state index contributed by atoms with van der Waals surface area (Å²) in [6, 6.07) is 3.91. The summed E-state index contributed by atoms with van der Waals surface area (Å²) in [4.78, 5) is 29.7. The summed E-state index contributed by atoms with van der Waals surface area (Å²) in [6.45, 7) is 3.96. The highest BCUT2D eigenvalue weighted by Gasteiger charge is 2.17. The molecule has 0 bridgehead atoms. The van der Waals surface area contributed by atoms with Crippen LogP contribution in [0.4, 0.5) is 5.13 Å². The Hall–Kier alpha value is -3.53. The van der Waals surface area contributed by atoms with Gasteiger partial charge in [0.15, 0.2) is 16.6 Å². The number of hydrogen-bond acceptors (Lipinski definition) is 8. The first-order valence-corrected chi connectivity index (χ1v) is 8.88. The van der Waals surface area contributed by atoms with Gasteiger partial charge in [-0.3, -0.25) is 20.1 Å².